The van der Waals surface area contributed by atoms with Crippen molar-refractivity contribution >= 4 is 27.9 Å². The van der Waals surface area contributed by atoms with Crippen LogP contribution in [0.1, 0.15) is 19.8 Å². The fraction of sp³-hybridized carbons (Fsp3) is 0.909. The van der Waals surface area contributed by atoms with Gasteiger partial charge < -0.3 is 5.11 Å². The minimum Gasteiger partial charge on any atom is -0.481 e. The van der Waals surface area contributed by atoms with Crippen molar-refractivity contribution in [2.75, 3.05) is 32.1 Å². The van der Waals surface area contributed by atoms with Crippen LogP contribution in [0.25, 0.3) is 0 Å². The van der Waals surface area contributed by atoms with Crippen molar-refractivity contribution < 1.29 is 18.3 Å². The van der Waals surface area contributed by atoms with Crippen LogP contribution in [0.3, 0.4) is 0 Å². The number of hydrogen-bond acceptors (Lipinski definition) is 4. The Hall–Kier alpha value is -0.310. The van der Waals surface area contributed by atoms with E-state index in [1.54, 1.807) is 18.8 Å². The quantitative estimate of drug-likeness (QED) is 0.782. The molecule has 0 bridgehead atoms. The van der Waals surface area contributed by atoms with Gasteiger partial charge >= 0.3 is 5.97 Å². The van der Waals surface area contributed by atoms with Gasteiger partial charge in [-0.05, 0) is 26.0 Å². The summed E-state index contributed by atoms with van der Waals surface area (Å²) in [4.78, 5) is 11.0. The summed E-state index contributed by atoms with van der Waals surface area (Å²) >= 11 is 1.59. The highest BCUT2D eigenvalue weighted by Crippen LogP contribution is 2.22. The number of aliphatic carboxylic acids is 1. The van der Waals surface area contributed by atoms with Crippen molar-refractivity contribution in [2.45, 2.75) is 25.8 Å². The topological polar surface area (TPSA) is 77.9 Å². The SMILES string of the molecule is CSCC(C)N(C)S(=O)(=O)N1CCCC(C(=O)O)C1. The summed E-state index contributed by atoms with van der Waals surface area (Å²) in [6.07, 6.45) is 3.07. The monoisotopic (exact) mass is 310 g/mol. The zero-order valence-electron chi connectivity index (χ0n) is 11.6. The predicted octanol–water partition coefficient (Wildman–Crippen LogP) is 0.711. The Kier molecular flexibility index (Phi) is 6.10. The van der Waals surface area contributed by atoms with Crippen molar-refractivity contribution in [1.29, 1.82) is 0 Å². The van der Waals surface area contributed by atoms with E-state index in [0.717, 1.165) is 0 Å². The fourth-order valence-corrected chi connectivity index (χ4v) is 4.53. The van der Waals surface area contributed by atoms with E-state index in [1.807, 2.05) is 13.2 Å². The summed E-state index contributed by atoms with van der Waals surface area (Å²) in [7, 11) is -2.00. The van der Waals surface area contributed by atoms with Gasteiger partial charge in [0.2, 0.25) is 0 Å². The average molecular weight is 310 g/mol. The van der Waals surface area contributed by atoms with Gasteiger partial charge in [-0.15, -0.1) is 0 Å². The Morgan fingerprint density at radius 1 is 1.58 bits per heavy atom. The molecule has 0 radical (unpaired) electrons. The third kappa shape index (κ3) is 4.08. The van der Waals surface area contributed by atoms with Crippen LogP contribution < -0.4 is 0 Å². The lowest BCUT2D eigenvalue weighted by Gasteiger charge is -2.34. The minimum atomic E-state index is -3.56. The van der Waals surface area contributed by atoms with Gasteiger partial charge in [0.1, 0.15) is 0 Å². The molecule has 2 atom stereocenters. The van der Waals surface area contributed by atoms with Gasteiger partial charge in [0.25, 0.3) is 10.2 Å². The smallest absolute Gasteiger partial charge is 0.307 e. The number of rotatable bonds is 6. The van der Waals surface area contributed by atoms with Crippen molar-refractivity contribution in [3.8, 4) is 0 Å². The van der Waals surface area contributed by atoms with Gasteiger partial charge in [-0.3, -0.25) is 4.79 Å². The molecular formula is C11H22N2O4S2. The molecule has 6 nitrogen and oxygen atoms in total. The molecule has 0 spiro atoms. The molecule has 8 heteroatoms. The van der Waals surface area contributed by atoms with Crippen LogP contribution in [0.2, 0.25) is 0 Å². The highest BCUT2D eigenvalue weighted by atomic mass is 32.2. The molecule has 1 saturated heterocycles. The van der Waals surface area contributed by atoms with Crippen LogP contribution in [0.4, 0.5) is 0 Å². The minimum absolute atomic E-state index is 0.0774. The summed E-state index contributed by atoms with van der Waals surface area (Å²) in [5.41, 5.74) is 0. The summed E-state index contributed by atoms with van der Waals surface area (Å²) in [5, 5.41) is 9.02. The standard InChI is InChI=1S/C11H22N2O4S2/c1-9(8-18-3)12(2)19(16,17)13-6-4-5-10(7-13)11(14)15/h9-10H,4-8H2,1-3H3,(H,14,15). The molecule has 1 aliphatic heterocycles. The molecule has 2 unspecified atom stereocenters. The Balaban J connectivity index is 2.79. The summed E-state index contributed by atoms with van der Waals surface area (Å²) < 4.78 is 27.5. The second-order valence-corrected chi connectivity index (χ2v) is 7.76. The first-order valence-corrected chi connectivity index (χ1v) is 9.04. The number of nitrogens with zero attached hydrogens (tertiary/aromatic N) is 2. The van der Waals surface area contributed by atoms with Crippen LogP contribution >= 0.6 is 11.8 Å². The van der Waals surface area contributed by atoms with Crippen molar-refractivity contribution in [3.63, 3.8) is 0 Å². The average Bonchev–Trinajstić information content (AvgIpc) is 2.38. The Morgan fingerprint density at radius 2 is 2.21 bits per heavy atom. The van der Waals surface area contributed by atoms with Gasteiger partial charge in [0.15, 0.2) is 0 Å². The van der Waals surface area contributed by atoms with Gasteiger partial charge in [-0.1, -0.05) is 0 Å². The number of piperidine rings is 1. The van der Waals surface area contributed by atoms with E-state index in [0.29, 0.717) is 25.1 Å². The molecule has 1 fully saturated rings. The van der Waals surface area contributed by atoms with E-state index in [2.05, 4.69) is 0 Å². The molecule has 0 aromatic rings. The molecule has 112 valence electrons. The van der Waals surface area contributed by atoms with Gasteiger partial charge in [0.05, 0.1) is 5.92 Å². The molecule has 0 saturated carbocycles. The van der Waals surface area contributed by atoms with E-state index in [9.17, 15) is 13.2 Å². The van der Waals surface area contributed by atoms with Crippen LogP contribution in [0.5, 0.6) is 0 Å². The zero-order valence-corrected chi connectivity index (χ0v) is 13.2. The lowest BCUT2D eigenvalue weighted by molar-refractivity contribution is -0.142. The lowest BCUT2D eigenvalue weighted by atomic mass is 10.0. The molecule has 1 rings (SSSR count). The molecule has 1 N–H and O–H groups in total. The number of thioether (sulfide) groups is 1. The lowest BCUT2D eigenvalue weighted by Crippen LogP contribution is -2.50. The summed E-state index contributed by atoms with van der Waals surface area (Å²) in [6.45, 7) is 2.34. The van der Waals surface area contributed by atoms with Crippen molar-refractivity contribution in [3.05, 3.63) is 0 Å². The number of carboxylic acid groups (broad SMARTS) is 1. The Bertz CT molecular complexity index is 413. The third-order valence-electron chi connectivity index (χ3n) is 3.45. The largest absolute Gasteiger partial charge is 0.481 e. The molecular weight excluding hydrogens is 288 g/mol. The second kappa shape index (κ2) is 6.92. The van der Waals surface area contributed by atoms with Gasteiger partial charge in [0, 0.05) is 31.9 Å². The van der Waals surface area contributed by atoms with Crippen LogP contribution in [-0.4, -0.2) is 66.3 Å². The maximum absolute atomic E-state index is 12.4. The second-order valence-electron chi connectivity index (χ2n) is 4.86. The molecule has 0 aromatic heterocycles. The third-order valence-corrected chi connectivity index (χ3v) is 6.34. The number of carbonyl (C=O) groups is 1. The first-order chi connectivity index (χ1) is 8.80. The van der Waals surface area contributed by atoms with Crippen LogP contribution in [-0.2, 0) is 15.0 Å². The predicted molar refractivity (Wildman–Crippen MR) is 76.5 cm³/mol. The molecule has 0 aromatic carbocycles. The van der Waals surface area contributed by atoms with Crippen LogP contribution in [0.15, 0.2) is 0 Å². The molecule has 1 heterocycles. The van der Waals surface area contributed by atoms with E-state index in [-0.39, 0.29) is 12.6 Å². The molecule has 0 amide bonds. The van der Waals surface area contributed by atoms with Gasteiger partial charge in [-0.2, -0.15) is 28.8 Å². The van der Waals surface area contributed by atoms with E-state index in [1.165, 1.54) is 8.61 Å². The number of hydrogen-bond donors (Lipinski definition) is 1. The van der Waals surface area contributed by atoms with E-state index in [4.69, 9.17) is 5.11 Å². The highest BCUT2D eigenvalue weighted by molar-refractivity contribution is 7.98. The van der Waals surface area contributed by atoms with E-state index < -0.39 is 22.1 Å². The first-order valence-electron chi connectivity index (χ1n) is 6.25. The highest BCUT2D eigenvalue weighted by Gasteiger charge is 2.35. The summed E-state index contributed by atoms with van der Waals surface area (Å²) in [5.74, 6) is -0.793. The molecule has 19 heavy (non-hydrogen) atoms. The summed E-state index contributed by atoms with van der Waals surface area (Å²) in [6, 6.07) is -0.106. The Labute approximate surface area is 119 Å². The number of carboxylic acids is 1. The van der Waals surface area contributed by atoms with E-state index >= 15 is 0 Å². The molecule has 1 aliphatic rings. The first kappa shape index (κ1) is 16.7. The van der Waals surface area contributed by atoms with Gasteiger partial charge in [-0.25, -0.2) is 0 Å². The molecule has 0 aliphatic carbocycles. The van der Waals surface area contributed by atoms with Crippen molar-refractivity contribution in [2.24, 2.45) is 5.92 Å². The normalized spacial score (nSPS) is 23.5. The maximum atomic E-state index is 12.4. The fourth-order valence-electron chi connectivity index (χ4n) is 2.11. The van der Waals surface area contributed by atoms with Crippen LogP contribution in [0, 0.1) is 5.92 Å². The Morgan fingerprint density at radius 3 is 2.74 bits per heavy atom. The zero-order chi connectivity index (χ0) is 14.6. The van der Waals surface area contributed by atoms with Crippen molar-refractivity contribution in [1.82, 2.24) is 8.61 Å². The maximum Gasteiger partial charge on any atom is 0.307 e.